The monoisotopic (exact) mass is 287 g/mol. The number of unbranched alkanes of at least 4 members (excludes halogenated alkanes) is 1. The summed E-state index contributed by atoms with van der Waals surface area (Å²) in [5.41, 5.74) is 3.38. The summed E-state index contributed by atoms with van der Waals surface area (Å²) < 4.78 is 0. The summed E-state index contributed by atoms with van der Waals surface area (Å²) in [7, 11) is 2.12. The molecule has 0 spiro atoms. The van der Waals surface area contributed by atoms with Crippen molar-refractivity contribution < 1.29 is 4.84 Å². The van der Waals surface area contributed by atoms with Gasteiger partial charge in [0.05, 0.1) is 12.2 Å². The van der Waals surface area contributed by atoms with Gasteiger partial charge >= 0.3 is 0 Å². The molecule has 0 aromatic heterocycles. The summed E-state index contributed by atoms with van der Waals surface area (Å²) in [5.74, 6) is 0. The molecule has 114 valence electrons. The van der Waals surface area contributed by atoms with Crippen LogP contribution in [0.4, 0.5) is 11.4 Å². The van der Waals surface area contributed by atoms with Crippen molar-refractivity contribution in [3.63, 3.8) is 0 Å². The fourth-order valence-electron chi connectivity index (χ4n) is 2.39. The zero-order chi connectivity index (χ0) is 15.1. The van der Waals surface area contributed by atoms with Gasteiger partial charge in [0, 0.05) is 25.8 Å². The van der Waals surface area contributed by atoms with E-state index in [1.807, 2.05) is 17.2 Å². The Labute approximate surface area is 127 Å². The van der Waals surface area contributed by atoms with Crippen molar-refractivity contribution in [1.82, 2.24) is 5.32 Å². The molecule has 0 atom stereocenters. The van der Waals surface area contributed by atoms with Crippen LogP contribution in [0.1, 0.15) is 18.4 Å². The SMILES string of the molecule is C=CCCCN(C)c1ccc(C=C)c(N2CCNCO2)c1. The van der Waals surface area contributed by atoms with E-state index >= 15 is 0 Å². The Morgan fingerprint density at radius 1 is 1.43 bits per heavy atom. The van der Waals surface area contributed by atoms with Crippen molar-refractivity contribution >= 4 is 17.5 Å². The topological polar surface area (TPSA) is 27.7 Å². The second-order valence-electron chi connectivity index (χ2n) is 5.18. The Bertz CT molecular complexity index is 481. The predicted molar refractivity (Wildman–Crippen MR) is 90.5 cm³/mol. The molecular formula is C17H25N3O. The molecule has 1 saturated heterocycles. The highest BCUT2D eigenvalue weighted by atomic mass is 16.7. The van der Waals surface area contributed by atoms with E-state index in [-0.39, 0.29) is 0 Å². The second kappa shape index (κ2) is 7.86. The molecule has 4 nitrogen and oxygen atoms in total. The van der Waals surface area contributed by atoms with E-state index in [1.54, 1.807) is 0 Å². The van der Waals surface area contributed by atoms with E-state index in [9.17, 15) is 0 Å². The van der Waals surface area contributed by atoms with Crippen LogP contribution in [0.2, 0.25) is 0 Å². The average molecular weight is 287 g/mol. The Balaban J connectivity index is 2.15. The van der Waals surface area contributed by atoms with E-state index in [4.69, 9.17) is 4.84 Å². The third-order valence-corrected chi connectivity index (χ3v) is 3.66. The molecule has 0 radical (unpaired) electrons. The maximum absolute atomic E-state index is 5.68. The number of nitrogens with zero attached hydrogens (tertiary/aromatic N) is 2. The first-order valence-corrected chi connectivity index (χ1v) is 7.46. The van der Waals surface area contributed by atoms with Gasteiger partial charge in [0.15, 0.2) is 0 Å². The number of hydrogen-bond donors (Lipinski definition) is 1. The summed E-state index contributed by atoms with van der Waals surface area (Å²) in [5, 5.41) is 5.14. The molecule has 0 saturated carbocycles. The van der Waals surface area contributed by atoms with Crippen LogP contribution in [0.5, 0.6) is 0 Å². The Kier molecular flexibility index (Phi) is 5.84. The molecule has 2 rings (SSSR count). The van der Waals surface area contributed by atoms with Gasteiger partial charge in [-0.15, -0.1) is 6.58 Å². The normalized spacial score (nSPS) is 14.8. The number of nitrogens with one attached hydrogen (secondary N) is 1. The maximum atomic E-state index is 5.68. The Morgan fingerprint density at radius 2 is 2.29 bits per heavy atom. The largest absolute Gasteiger partial charge is 0.375 e. The van der Waals surface area contributed by atoms with Crippen LogP contribution in [0, 0.1) is 0 Å². The number of anilines is 2. The van der Waals surface area contributed by atoms with E-state index in [0.717, 1.165) is 43.7 Å². The molecule has 1 N–H and O–H groups in total. The van der Waals surface area contributed by atoms with Crippen LogP contribution in [-0.4, -0.2) is 33.4 Å². The van der Waals surface area contributed by atoms with Gasteiger partial charge in [0.2, 0.25) is 0 Å². The molecule has 4 heteroatoms. The summed E-state index contributed by atoms with van der Waals surface area (Å²) in [6.45, 7) is 11.0. The standard InChI is InChI=1S/C17H25N3O/c1-4-6-7-11-19(3)16-9-8-15(5-2)17(13-16)20-12-10-18-14-21-20/h4-5,8-9,13,18H,1-2,6-7,10-12,14H2,3H3. The van der Waals surface area contributed by atoms with Crippen molar-refractivity contribution in [1.29, 1.82) is 0 Å². The molecule has 1 aliphatic heterocycles. The third kappa shape index (κ3) is 4.09. The quantitative estimate of drug-likeness (QED) is 0.616. The fourth-order valence-corrected chi connectivity index (χ4v) is 2.39. The minimum Gasteiger partial charge on any atom is -0.375 e. The number of hydroxylamine groups is 1. The molecule has 1 heterocycles. The molecule has 1 aromatic carbocycles. The van der Waals surface area contributed by atoms with Gasteiger partial charge in [0.25, 0.3) is 0 Å². The molecule has 0 unspecified atom stereocenters. The second-order valence-corrected chi connectivity index (χ2v) is 5.18. The number of allylic oxidation sites excluding steroid dienone is 1. The van der Waals surface area contributed by atoms with Crippen LogP contribution < -0.4 is 15.3 Å². The summed E-state index contributed by atoms with van der Waals surface area (Å²) in [6, 6.07) is 6.42. The minimum absolute atomic E-state index is 0.552. The highest BCUT2D eigenvalue weighted by molar-refractivity contribution is 5.71. The maximum Gasteiger partial charge on any atom is 0.125 e. The molecule has 0 bridgehead atoms. The number of hydrogen-bond acceptors (Lipinski definition) is 4. The van der Waals surface area contributed by atoms with Gasteiger partial charge in [-0.25, -0.2) is 0 Å². The predicted octanol–water partition coefficient (Wildman–Crippen LogP) is 3.03. The lowest BCUT2D eigenvalue weighted by Crippen LogP contribution is -2.42. The van der Waals surface area contributed by atoms with Gasteiger partial charge in [-0.1, -0.05) is 24.8 Å². The summed E-state index contributed by atoms with van der Waals surface area (Å²) in [6.07, 6.45) is 6.00. The molecular weight excluding hydrogens is 262 g/mol. The first kappa shape index (κ1) is 15.6. The zero-order valence-corrected chi connectivity index (χ0v) is 12.8. The van der Waals surface area contributed by atoms with Crippen molar-refractivity contribution in [2.45, 2.75) is 12.8 Å². The molecule has 1 fully saturated rings. The van der Waals surface area contributed by atoms with Crippen LogP contribution in [0.15, 0.2) is 37.4 Å². The number of benzene rings is 1. The molecule has 1 aliphatic rings. The van der Waals surface area contributed by atoms with Crippen LogP contribution in [-0.2, 0) is 4.84 Å². The van der Waals surface area contributed by atoms with E-state index in [1.165, 1.54) is 5.69 Å². The average Bonchev–Trinajstić information content (AvgIpc) is 2.55. The van der Waals surface area contributed by atoms with Crippen molar-refractivity contribution in [3.05, 3.63) is 43.0 Å². The first-order valence-electron chi connectivity index (χ1n) is 7.46. The highest BCUT2D eigenvalue weighted by Crippen LogP contribution is 2.28. The first-order chi connectivity index (χ1) is 10.3. The molecule has 0 aliphatic carbocycles. The summed E-state index contributed by atoms with van der Waals surface area (Å²) in [4.78, 5) is 7.95. The van der Waals surface area contributed by atoms with Gasteiger partial charge in [-0.05, 0) is 30.5 Å². The van der Waals surface area contributed by atoms with Crippen LogP contribution >= 0.6 is 0 Å². The lowest BCUT2D eigenvalue weighted by molar-refractivity contribution is 0.0663. The number of rotatable bonds is 7. The van der Waals surface area contributed by atoms with Gasteiger partial charge in [0.1, 0.15) is 6.73 Å². The lowest BCUT2D eigenvalue weighted by Gasteiger charge is -2.31. The smallest absolute Gasteiger partial charge is 0.125 e. The van der Waals surface area contributed by atoms with Crippen LogP contribution in [0.3, 0.4) is 0 Å². The zero-order valence-electron chi connectivity index (χ0n) is 12.8. The van der Waals surface area contributed by atoms with Crippen LogP contribution in [0.25, 0.3) is 6.08 Å². The van der Waals surface area contributed by atoms with Gasteiger partial charge in [-0.2, -0.15) is 0 Å². The van der Waals surface area contributed by atoms with E-state index < -0.39 is 0 Å². The molecule has 1 aromatic rings. The highest BCUT2D eigenvalue weighted by Gasteiger charge is 2.15. The lowest BCUT2D eigenvalue weighted by atomic mass is 10.1. The molecule has 21 heavy (non-hydrogen) atoms. The Hall–Kier alpha value is -1.78. The van der Waals surface area contributed by atoms with E-state index in [0.29, 0.717) is 6.73 Å². The van der Waals surface area contributed by atoms with E-state index in [2.05, 4.69) is 48.6 Å². The van der Waals surface area contributed by atoms with Gasteiger partial charge in [-0.3, -0.25) is 15.2 Å². The molecule has 0 amide bonds. The van der Waals surface area contributed by atoms with Crippen molar-refractivity contribution in [2.75, 3.05) is 43.4 Å². The Morgan fingerprint density at radius 3 is 2.95 bits per heavy atom. The third-order valence-electron chi connectivity index (χ3n) is 3.66. The fraction of sp³-hybridized carbons (Fsp3) is 0.412. The van der Waals surface area contributed by atoms with Gasteiger partial charge < -0.3 is 4.90 Å². The summed E-state index contributed by atoms with van der Waals surface area (Å²) >= 11 is 0. The van der Waals surface area contributed by atoms with Crippen molar-refractivity contribution in [3.8, 4) is 0 Å². The minimum atomic E-state index is 0.552. The van der Waals surface area contributed by atoms with Crippen molar-refractivity contribution in [2.24, 2.45) is 0 Å².